The maximum atomic E-state index is 14.5. The van der Waals surface area contributed by atoms with E-state index in [0.29, 0.717) is 6.20 Å². The van der Waals surface area contributed by atoms with E-state index in [2.05, 4.69) is 20.5 Å². The standard InChI is InChI=1S/C22H20ClF5N6O/c1-13-9-21(24,25)12-33(18(13)11-30-19-5-2-14(10-29-19)22(26,27)28)20(35)16-8-15(23)3-4-17(16)34-31-6-7-32-34/h2-8,10,13,18H,9,11-12H2,1H3,(H,29,30)/t13-,18?/m1/s1. The van der Waals surface area contributed by atoms with Gasteiger partial charge in [-0.05, 0) is 36.2 Å². The van der Waals surface area contributed by atoms with Crippen LogP contribution in [-0.4, -0.2) is 55.8 Å². The Morgan fingerprint density at radius 1 is 1.20 bits per heavy atom. The summed E-state index contributed by atoms with van der Waals surface area (Å²) in [6, 6.07) is 5.72. The van der Waals surface area contributed by atoms with Crippen molar-refractivity contribution in [1.29, 1.82) is 0 Å². The second-order valence-electron chi connectivity index (χ2n) is 8.33. The first-order chi connectivity index (χ1) is 16.4. The summed E-state index contributed by atoms with van der Waals surface area (Å²) in [6.45, 7) is 0.756. The number of nitrogens with zero attached hydrogens (tertiary/aromatic N) is 5. The predicted molar refractivity (Wildman–Crippen MR) is 118 cm³/mol. The Morgan fingerprint density at radius 2 is 1.91 bits per heavy atom. The Labute approximate surface area is 201 Å². The van der Waals surface area contributed by atoms with Gasteiger partial charge in [0.25, 0.3) is 11.8 Å². The summed E-state index contributed by atoms with van der Waals surface area (Å²) in [7, 11) is 0. The number of anilines is 1. The Kier molecular flexibility index (Phi) is 6.67. The van der Waals surface area contributed by atoms with E-state index in [4.69, 9.17) is 11.6 Å². The van der Waals surface area contributed by atoms with Crippen molar-refractivity contribution in [2.75, 3.05) is 18.4 Å². The van der Waals surface area contributed by atoms with Crippen LogP contribution in [0, 0.1) is 5.92 Å². The molecule has 1 saturated heterocycles. The molecule has 1 unspecified atom stereocenters. The van der Waals surface area contributed by atoms with Gasteiger partial charge in [0, 0.05) is 24.2 Å². The highest BCUT2D eigenvalue weighted by molar-refractivity contribution is 6.31. The van der Waals surface area contributed by atoms with E-state index in [9.17, 15) is 26.7 Å². The van der Waals surface area contributed by atoms with Gasteiger partial charge in [-0.1, -0.05) is 18.5 Å². The second kappa shape index (κ2) is 9.40. The number of piperidine rings is 1. The number of benzene rings is 1. The van der Waals surface area contributed by atoms with Gasteiger partial charge >= 0.3 is 6.18 Å². The number of rotatable bonds is 5. The Morgan fingerprint density at radius 3 is 2.54 bits per heavy atom. The number of amides is 1. The van der Waals surface area contributed by atoms with Crippen molar-refractivity contribution in [3.8, 4) is 5.69 Å². The van der Waals surface area contributed by atoms with E-state index in [1.165, 1.54) is 35.4 Å². The molecule has 1 amide bonds. The van der Waals surface area contributed by atoms with Crippen LogP contribution in [0.25, 0.3) is 5.69 Å². The summed E-state index contributed by atoms with van der Waals surface area (Å²) in [4.78, 5) is 19.6. The Bertz CT molecular complexity index is 1190. The maximum Gasteiger partial charge on any atom is 0.417 e. The molecule has 0 spiro atoms. The van der Waals surface area contributed by atoms with Gasteiger partial charge in [0.15, 0.2) is 0 Å². The first-order valence-electron chi connectivity index (χ1n) is 10.6. The number of carbonyl (C=O) groups excluding carboxylic acids is 1. The van der Waals surface area contributed by atoms with Crippen molar-refractivity contribution in [2.24, 2.45) is 5.92 Å². The average molecular weight is 515 g/mol. The minimum atomic E-state index is -4.53. The van der Waals surface area contributed by atoms with Crippen molar-refractivity contribution in [2.45, 2.75) is 31.5 Å². The highest BCUT2D eigenvalue weighted by Gasteiger charge is 2.46. The largest absolute Gasteiger partial charge is 0.417 e. The van der Waals surface area contributed by atoms with Crippen molar-refractivity contribution in [3.63, 3.8) is 0 Å². The van der Waals surface area contributed by atoms with Gasteiger partial charge < -0.3 is 10.2 Å². The molecular weight excluding hydrogens is 495 g/mol. The van der Waals surface area contributed by atoms with Crippen LogP contribution in [0.5, 0.6) is 0 Å². The first-order valence-corrected chi connectivity index (χ1v) is 10.9. The van der Waals surface area contributed by atoms with E-state index in [1.54, 1.807) is 6.92 Å². The number of hydrogen-bond acceptors (Lipinski definition) is 5. The molecule has 3 aromatic rings. The Balaban J connectivity index is 1.61. The first kappa shape index (κ1) is 24.8. The molecule has 0 saturated carbocycles. The smallest absolute Gasteiger partial charge is 0.368 e. The van der Waals surface area contributed by atoms with Gasteiger partial charge in [0.2, 0.25) is 0 Å². The maximum absolute atomic E-state index is 14.5. The normalized spacial score (nSPS) is 20.0. The van der Waals surface area contributed by atoms with Crippen LogP contribution < -0.4 is 5.32 Å². The third-order valence-corrected chi connectivity index (χ3v) is 5.98. The predicted octanol–water partition coefficient (Wildman–Crippen LogP) is 4.93. The van der Waals surface area contributed by atoms with E-state index >= 15 is 0 Å². The van der Waals surface area contributed by atoms with Gasteiger partial charge in [-0.3, -0.25) is 4.79 Å². The van der Waals surface area contributed by atoms with Gasteiger partial charge in [0.05, 0.1) is 41.8 Å². The molecule has 13 heteroatoms. The number of carbonyl (C=O) groups is 1. The zero-order valence-corrected chi connectivity index (χ0v) is 19.1. The topological polar surface area (TPSA) is 75.9 Å². The SMILES string of the molecule is C[C@@H]1CC(F)(F)CN(C(=O)c2cc(Cl)ccc2-n2nccn2)C1CNc1ccc(C(F)(F)F)cn1. The fourth-order valence-corrected chi connectivity index (χ4v) is 4.28. The average Bonchev–Trinajstić information content (AvgIpc) is 3.31. The third-order valence-electron chi connectivity index (χ3n) is 5.75. The molecule has 1 aromatic carbocycles. The lowest BCUT2D eigenvalue weighted by Gasteiger charge is -2.43. The molecule has 1 aliphatic heterocycles. The lowest BCUT2D eigenvalue weighted by molar-refractivity contribution is -0.137. The molecule has 1 fully saturated rings. The lowest BCUT2D eigenvalue weighted by Crippen LogP contribution is -2.57. The van der Waals surface area contributed by atoms with Gasteiger partial charge in [-0.15, -0.1) is 0 Å². The summed E-state index contributed by atoms with van der Waals surface area (Å²) < 4.78 is 67.4. The van der Waals surface area contributed by atoms with E-state index in [0.717, 1.165) is 17.0 Å². The number of alkyl halides is 5. The minimum Gasteiger partial charge on any atom is -0.368 e. The monoisotopic (exact) mass is 514 g/mol. The highest BCUT2D eigenvalue weighted by atomic mass is 35.5. The summed E-state index contributed by atoms with van der Waals surface area (Å²) in [5.74, 6) is -4.33. The van der Waals surface area contributed by atoms with Gasteiger partial charge in [-0.25, -0.2) is 13.8 Å². The summed E-state index contributed by atoms with van der Waals surface area (Å²) >= 11 is 6.10. The van der Waals surface area contributed by atoms with E-state index in [-0.39, 0.29) is 28.6 Å². The number of likely N-dealkylation sites (tertiary alicyclic amines) is 1. The molecule has 1 aliphatic rings. The number of halogens is 6. The molecule has 186 valence electrons. The van der Waals surface area contributed by atoms with Crippen LogP contribution in [0.2, 0.25) is 5.02 Å². The molecule has 0 bridgehead atoms. The van der Waals surface area contributed by atoms with Crippen LogP contribution in [-0.2, 0) is 6.18 Å². The molecule has 0 radical (unpaired) electrons. The molecule has 7 nitrogen and oxygen atoms in total. The van der Waals surface area contributed by atoms with E-state index < -0.39 is 48.5 Å². The van der Waals surface area contributed by atoms with Crippen molar-refractivity contribution >= 4 is 23.3 Å². The van der Waals surface area contributed by atoms with Crippen LogP contribution in [0.1, 0.15) is 29.3 Å². The van der Waals surface area contributed by atoms with E-state index in [1.807, 2.05) is 0 Å². The summed E-state index contributed by atoms with van der Waals surface area (Å²) in [5, 5.41) is 11.1. The second-order valence-corrected chi connectivity index (χ2v) is 8.76. The van der Waals surface area contributed by atoms with Crippen LogP contribution in [0.4, 0.5) is 27.8 Å². The number of hydrogen-bond donors (Lipinski definition) is 1. The summed E-state index contributed by atoms with van der Waals surface area (Å²) in [6.07, 6.45) is -1.49. The van der Waals surface area contributed by atoms with Crippen LogP contribution >= 0.6 is 11.6 Å². The zero-order chi connectivity index (χ0) is 25.4. The minimum absolute atomic E-state index is 0.00271. The molecule has 1 N–H and O–H groups in total. The van der Waals surface area contributed by atoms with Crippen LogP contribution in [0.3, 0.4) is 0 Å². The molecule has 2 aromatic heterocycles. The Hall–Kier alpha value is -3.28. The zero-order valence-electron chi connectivity index (χ0n) is 18.3. The lowest BCUT2D eigenvalue weighted by atomic mass is 9.87. The molecule has 2 atom stereocenters. The van der Waals surface area contributed by atoms with Crippen molar-refractivity contribution in [3.05, 3.63) is 65.1 Å². The fourth-order valence-electron chi connectivity index (χ4n) is 4.10. The molecule has 35 heavy (non-hydrogen) atoms. The third kappa shape index (κ3) is 5.53. The number of pyridine rings is 1. The quantitative estimate of drug-likeness (QED) is 0.489. The van der Waals surface area contributed by atoms with Crippen molar-refractivity contribution < 1.29 is 26.7 Å². The number of nitrogens with one attached hydrogen (secondary N) is 1. The fraction of sp³-hybridized carbons (Fsp3) is 0.364. The molecule has 0 aliphatic carbocycles. The highest BCUT2D eigenvalue weighted by Crippen LogP contribution is 2.36. The molecule has 3 heterocycles. The van der Waals surface area contributed by atoms with Crippen molar-refractivity contribution in [1.82, 2.24) is 24.9 Å². The molecule has 4 rings (SSSR count). The van der Waals surface area contributed by atoms with Gasteiger partial charge in [-0.2, -0.15) is 28.2 Å². The summed E-state index contributed by atoms with van der Waals surface area (Å²) in [5.41, 5.74) is -0.607. The number of aromatic nitrogens is 4. The molecular formula is C22H20ClF5N6O. The van der Waals surface area contributed by atoms with Gasteiger partial charge in [0.1, 0.15) is 5.82 Å². The van der Waals surface area contributed by atoms with Crippen LogP contribution in [0.15, 0.2) is 48.9 Å².